The molecule has 3 heterocycles. The van der Waals surface area contributed by atoms with Crippen molar-refractivity contribution in [1.29, 1.82) is 0 Å². The van der Waals surface area contributed by atoms with E-state index in [4.69, 9.17) is 9.97 Å². The van der Waals surface area contributed by atoms with Gasteiger partial charge in [-0.1, -0.05) is 33.8 Å². The molecular weight excluding hydrogens is 511 g/mol. The molecule has 11 heteroatoms. The van der Waals surface area contributed by atoms with E-state index in [1.807, 2.05) is 0 Å². The van der Waals surface area contributed by atoms with E-state index in [-0.39, 0.29) is 22.4 Å². The van der Waals surface area contributed by atoms with Crippen molar-refractivity contribution in [3.63, 3.8) is 0 Å². The summed E-state index contributed by atoms with van der Waals surface area (Å²) >= 11 is 1.47. The molecule has 2 aliphatic rings. The van der Waals surface area contributed by atoms with Crippen LogP contribution >= 0.6 is 11.3 Å². The molecule has 1 saturated carbocycles. The van der Waals surface area contributed by atoms with Gasteiger partial charge in [-0.05, 0) is 42.9 Å². The van der Waals surface area contributed by atoms with Crippen LogP contribution in [0.1, 0.15) is 52.0 Å². The van der Waals surface area contributed by atoms with Gasteiger partial charge in [0.15, 0.2) is 5.82 Å². The van der Waals surface area contributed by atoms with Crippen molar-refractivity contribution in [2.45, 2.75) is 58.4 Å². The summed E-state index contributed by atoms with van der Waals surface area (Å²) in [5.41, 5.74) is 1.40. The van der Waals surface area contributed by atoms with Gasteiger partial charge in [-0.3, -0.25) is 4.72 Å². The van der Waals surface area contributed by atoms with Gasteiger partial charge in [-0.15, -0.1) is 11.3 Å². The number of hydrogen-bond donors (Lipinski definition) is 3. The molecule has 3 N–H and O–H groups in total. The number of halogens is 1. The van der Waals surface area contributed by atoms with Crippen molar-refractivity contribution >= 4 is 33.0 Å². The maximum absolute atomic E-state index is 15.7. The normalized spacial score (nSPS) is 17.3. The molecule has 1 aliphatic carbocycles. The molecule has 1 saturated heterocycles. The fraction of sp³-hybridized carbons (Fsp3) is 0.500. The lowest BCUT2D eigenvalue weighted by Crippen LogP contribution is -2.63. The van der Waals surface area contributed by atoms with Crippen LogP contribution in [-0.2, 0) is 15.4 Å². The standard InChI is InChI=1S/C26H33FN6O2S2/c1-5-11-37(34,35)33-18-8-6-7-17(20(18)27)21-22(36-23(32-21)25(2,3)4)19-9-10-29-24(31-19)30-16-12-26(13-16)14-28-15-26/h6-10,16,28,33H,5,11-15H2,1-4H3,(H,29,30,31). The Labute approximate surface area is 221 Å². The molecule has 8 nitrogen and oxygen atoms in total. The number of nitrogens with one attached hydrogen (secondary N) is 3. The van der Waals surface area contributed by atoms with Gasteiger partial charge in [0.2, 0.25) is 16.0 Å². The first-order chi connectivity index (χ1) is 17.5. The summed E-state index contributed by atoms with van der Waals surface area (Å²) in [6, 6.07) is 6.83. The Morgan fingerprint density at radius 2 is 1.95 bits per heavy atom. The summed E-state index contributed by atoms with van der Waals surface area (Å²) in [5.74, 6) is -0.194. The maximum Gasteiger partial charge on any atom is 0.232 e. The molecular formula is C26H33FN6O2S2. The van der Waals surface area contributed by atoms with Crippen LogP contribution in [0.25, 0.3) is 21.8 Å². The fourth-order valence-electron chi connectivity index (χ4n) is 4.87. The van der Waals surface area contributed by atoms with Crippen molar-refractivity contribution in [2.24, 2.45) is 5.41 Å². The van der Waals surface area contributed by atoms with Gasteiger partial charge >= 0.3 is 0 Å². The van der Waals surface area contributed by atoms with Gasteiger partial charge in [-0.25, -0.2) is 27.8 Å². The number of rotatable bonds is 8. The van der Waals surface area contributed by atoms with Crippen molar-refractivity contribution < 1.29 is 12.8 Å². The first kappa shape index (κ1) is 26.0. The van der Waals surface area contributed by atoms with Gasteiger partial charge in [0.25, 0.3) is 0 Å². The van der Waals surface area contributed by atoms with E-state index >= 15 is 4.39 Å². The Balaban J connectivity index is 1.50. The predicted molar refractivity (Wildman–Crippen MR) is 147 cm³/mol. The lowest BCUT2D eigenvalue weighted by atomic mass is 9.62. The molecule has 198 valence electrons. The summed E-state index contributed by atoms with van der Waals surface area (Å²) in [6.07, 6.45) is 4.33. The summed E-state index contributed by atoms with van der Waals surface area (Å²) in [4.78, 5) is 14.7. The lowest BCUT2D eigenvalue weighted by molar-refractivity contribution is 0.0468. The van der Waals surface area contributed by atoms with Crippen LogP contribution in [0, 0.1) is 11.2 Å². The third kappa shape index (κ3) is 5.35. The third-order valence-corrected chi connectivity index (χ3v) is 9.82. The Hall–Kier alpha value is -2.63. The smallest absolute Gasteiger partial charge is 0.232 e. The molecule has 0 amide bonds. The molecule has 2 fully saturated rings. The molecule has 0 atom stereocenters. The number of benzene rings is 1. The van der Waals surface area contributed by atoms with E-state index in [1.165, 1.54) is 17.4 Å². The highest BCUT2D eigenvalue weighted by atomic mass is 32.2. The van der Waals surface area contributed by atoms with Crippen LogP contribution in [0.4, 0.5) is 16.0 Å². The van der Waals surface area contributed by atoms with E-state index < -0.39 is 15.8 Å². The first-order valence-electron chi connectivity index (χ1n) is 12.6. The Morgan fingerprint density at radius 1 is 1.19 bits per heavy atom. The van der Waals surface area contributed by atoms with E-state index in [0.29, 0.717) is 35.2 Å². The van der Waals surface area contributed by atoms with E-state index in [9.17, 15) is 8.42 Å². The molecule has 1 aliphatic heterocycles. The lowest BCUT2D eigenvalue weighted by Gasteiger charge is -2.54. The van der Waals surface area contributed by atoms with Gasteiger partial charge in [0.1, 0.15) is 0 Å². The van der Waals surface area contributed by atoms with Crippen LogP contribution in [-0.4, -0.2) is 48.3 Å². The third-order valence-electron chi connectivity index (χ3n) is 6.84. The van der Waals surface area contributed by atoms with Crippen molar-refractivity contribution in [2.75, 3.05) is 28.9 Å². The Bertz CT molecular complexity index is 1400. The van der Waals surface area contributed by atoms with Crippen LogP contribution in [0.5, 0.6) is 0 Å². The summed E-state index contributed by atoms with van der Waals surface area (Å²) in [7, 11) is -3.65. The second kappa shape index (κ2) is 9.59. The van der Waals surface area contributed by atoms with Gasteiger partial charge in [0.05, 0.1) is 32.7 Å². The van der Waals surface area contributed by atoms with Crippen LogP contribution in [0.15, 0.2) is 30.5 Å². The van der Waals surface area contributed by atoms with E-state index in [1.54, 1.807) is 31.3 Å². The summed E-state index contributed by atoms with van der Waals surface area (Å²) in [6.45, 7) is 10.1. The Kier molecular flexibility index (Phi) is 6.74. The monoisotopic (exact) mass is 544 g/mol. The van der Waals surface area contributed by atoms with E-state index in [0.717, 1.165) is 35.8 Å². The molecule has 2 aromatic heterocycles. The van der Waals surface area contributed by atoms with Crippen LogP contribution in [0.3, 0.4) is 0 Å². The number of anilines is 2. The highest BCUT2D eigenvalue weighted by Crippen LogP contribution is 2.45. The van der Waals surface area contributed by atoms with Crippen LogP contribution in [0.2, 0.25) is 0 Å². The molecule has 5 rings (SSSR count). The Morgan fingerprint density at radius 3 is 2.59 bits per heavy atom. The number of thiazole rings is 1. The quantitative estimate of drug-likeness (QED) is 0.365. The topological polar surface area (TPSA) is 109 Å². The molecule has 1 spiro atoms. The van der Waals surface area contributed by atoms with Crippen LogP contribution < -0.4 is 15.4 Å². The van der Waals surface area contributed by atoms with Crippen molar-refractivity contribution in [3.8, 4) is 21.8 Å². The number of hydrogen-bond acceptors (Lipinski definition) is 8. The van der Waals surface area contributed by atoms with Gasteiger partial charge in [0, 0.05) is 36.3 Å². The molecule has 3 aromatic rings. The summed E-state index contributed by atoms with van der Waals surface area (Å²) in [5, 5.41) is 7.63. The van der Waals surface area contributed by atoms with Gasteiger partial charge < -0.3 is 10.6 Å². The SMILES string of the molecule is CCCS(=O)(=O)Nc1cccc(-c2nc(C(C)(C)C)sc2-c2ccnc(NC3CC4(CNC4)C3)n2)c1F. The molecule has 0 bridgehead atoms. The zero-order valence-electron chi connectivity index (χ0n) is 21.6. The maximum atomic E-state index is 15.7. The second-order valence-corrected chi connectivity index (χ2v) is 14.0. The second-order valence-electron chi connectivity index (χ2n) is 11.2. The molecule has 0 unspecified atom stereocenters. The fourth-order valence-corrected chi connectivity index (χ4v) is 7.11. The number of nitrogens with zero attached hydrogens (tertiary/aromatic N) is 3. The highest BCUT2D eigenvalue weighted by molar-refractivity contribution is 7.92. The van der Waals surface area contributed by atoms with Gasteiger partial charge in [-0.2, -0.15) is 0 Å². The largest absolute Gasteiger partial charge is 0.351 e. The zero-order chi connectivity index (χ0) is 26.4. The average Bonchev–Trinajstić information content (AvgIpc) is 3.22. The first-order valence-corrected chi connectivity index (χ1v) is 15.1. The number of sulfonamides is 1. The minimum atomic E-state index is -3.65. The van der Waals surface area contributed by atoms with Crippen molar-refractivity contribution in [1.82, 2.24) is 20.3 Å². The molecule has 0 radical (unpaired) electrons. The number of aromatic nitrogens is 3. The average molecular weight is 545 g/mol. The highest BCUT2D eigenvalue weighted by Gasteiger charge is 2.48. The molecule has 1 aromatic carbocycles. The zero-order valence-corrected chi connectivity index (χ0v) is 23.2. The van der Waals surface area contributed by atoms with E-state index in [2.05, 4.69) is 41.1 Å². The minimum Gasteiger partial charge on any atom is -0.351 e. The molecule has 37 heavy (non-hydrogen) atoms. The minimum absolute atomic E-state index is 0.0812. The van der Waals surface area contributed by atoms with Crippen molar-refractivity contribution in [3.05, 3.63) is 41.3 Å². The predicted octanol–water partition coefficient (Wildman–Crippen LogP) is 5.02. The summed E-state index contributed by atoms with van der Waals surface area (Å²) < 4.78 is 42.8.